The summed E-state index contributed by atoms with van der Waals surface area (Å²) in [6.45, 7) is 3.14. The Balaban J connectivity index is 1.68. The van der Waals surface area contributed by atoms with Crippen molar-refractivity contribution in [3.63, 3.8) is 0 Å². The van der Waals surface area contributed by atoms with Gasteiger partial charge in [-0.1, -0.05) is 12.1 Å². The molecule has 1 aromatic heterocycles. The Morgan fingerprint density at radius 1 is 1.15 bits per heavy atom. The summed E-state index contributed by atoms with van der Waals surface area (Å²) in [5.74, 6) is 1.75. The van der Waals surface area contributed by atoms with Crippen LogP contribution in [0, 0.1) is 6.92 Å². The molecule has 7 nitrogen and oxygen atoms in total. The van der Waals surface area contributed by atoms with Crippen molar-refractivity contribution in [3.8, 4) is 17.1 Å². The van der Waals surface area contributed by atoms with E-state index in [0.29, 0.717) is 29.4 Å². The number of nitrogens with one attached hydrogen (secondary N) is 2. The Bertz CT molecular complexity index is 903. The molecule has 1 amide bonds. The van der Waals surface area contributed by atoms with Crippen molar-refractivity contribution in [1.82, 2.24) is 20.1 Å². The molecular weight excluding hydrogens is 342 g/mol. The van der Waals surface area contributed by atoms with Gasteiger partial charge in [0.15, 0.2) is 5.82 Å². The van der Waals surface area contributed by atoms with Gasteiger partial charge in [-0.2, -0.15) is 5.10 Å². The molecule has 0 spiro atoms. The summed E-state index contributed by atoms with van der Waals surface area (Å²) < 4.78 is 5.76. The summed E-state index contributed by atoms with van der Waals surface area (Å²) in [6, 6.07) is 14.6. The standard InChI is InChI=1S/C20H23N5O2/c1-14-21-19(24-23-14)15-8-10-16(11-9-15)22-20(26)17-6-4-5-7-18(17)27-13-12-25(2)3/h4-11H,12-13H2,1-3H3,(H,22,26)(H,21,23,24). The molecule has 27 heavy (non-hydrogen) atoms. The minimum Gasteiger partial charge on any atom is -0.491 e. The Kier molecular flexibility index (Phi) is 5.83. The largest absolute Gasteiger partial charge is 0.491 e. The second-order valence-electron chi connectivity index (χ2n) is 6.42. The number of ether oxygens (including phenoxy) is 1. The molecule has 0 aliphatic heterocycles. The van der Waals surface area contributed by atoms with Gasteiger partial charge in [-0.15, -0.1) is 0 Å². The Labute approximate surface area is 158 Å². The first-order valence-corrected chi connectivity index (χ1v) is 8.70. The van der Waals surface area contributed by atoms with Crippen LogP contribution in [0.25, 0.3) is 11.4 Å². The molecule has 0 unspecified atom stereocenters. The number of likely N-dealkylation sites (N-methyl/N-ethyl adjacent to an activating group) is 1. The summed E-state index contributed by atoms with van der Waals surface area (Å²) >= 11 is 0. The summed E-state index contributed by atoms with van der Waals surface area (Å²) in [5, 5.41) is 9.85. The second-order valence-corrected chi connectivity index (χ2v) is 6.42. The lowest BCUT2D eigenvalue weighted by Gasteiger charge is -2.14. The van der Waals surface area contributed by atoms with Crippen LogP contribution >= 0.6 is 0 Å². The van der Waals surface area contributed by atoms with Crippen LogP contribution in [0.15, 0.2) is 48.5 Å². The number of para-hydroxylation sites is 1. The van der Waals surface area contributed by atoms with E-state index in [1.807, 2.05) is 62.3 Å². The molecule has 0 bridgehead atoms. The van der Waals surface area contributed by atoms with Crippen LogP contribution in [0.4, 0.5) is 5.69 Å². The van der Waals surface area contributed by atoms with E-state index in [2.05, 4.69) is 20.5 Å². The maximum atomic E-state index is 12.7. The molecule has 0 saturated carbocycles. The molecule has 0 atom stereocenters. The van der Waals surface area contributed by atoms with Crippen molar-refractivity contribution in [1.29, 1.82) is 0 Å². The first-order valence-electron chi connectivity index (χ1n) is 8.70. The predicted molar refractivity (Wildman–Crippen MR) is 105 cm³/mol. The summed E-state index contributed by atoms with van der Waals surface area (Å²) in [7, 11) is 3.96. The van der Waals surface area contributed by atoms with Crippen molar-refractivity contribution in [3.05, 3.63) is 59.9 Å². The highest BCUT2D eigenvalue weighted by molar-refractivity contribution is 6.06. The molecule has 0 fully saturated rings. The van der Waals surface area contributed by atoms with Gasteiger partial charge in [0.05, 0.1) is 5.56 Å². The van der Waals surface area contributed by atoms with E-state index in [-0.39, 0.29) is 5.91 Å². The Morgan fingerprint density at radius 2 is 1.89 bits per heavy atom. The number of rotatable bonds is 7. The minimum absolute atomic E-state index is 0.211. The number of hydrogen-bond acceptors (Lipinski definition) is 5. The van der Waals surface area contributed by atoms with Crippen LogP contribution in [-0.2, 0) is 0 Å². The van der Waals surface area contributed by atoms with Gasteiger partial charge in [-0.05, 0) is 57.4 Å². The zero-order valence-electron chi connectivity index (χ0n) is 15.7. The maximum absolute atomic E-state index is 12.7. The smallest absolute Gasteiger partial charge is 0.259 e. The second kappa shape index (κ2) is 8.46. The number of aryl methyl sites for hydroxylation is 1. The fourth-order valence-electron chi connectivity index (χ4n) is 2.49. The lowest BCUT2D eigenvalue weighted by atomic mass is 10.1. The quantitative estimate of drug-likeness (QED) is 0.673. The third-order valence-corrected chi connectivity index (χ3v) is 3.93. The zero-order chi connectivity index (χ0) is 19.2. The van der Waals surface area contributed by atoms with E-state index in [1.54, 1.807) is 12.1 Å². The average Bonchev–Trinajstić information content (AvgIpc) is 3.09. The third-order valence-electron chi connectivity index (χ3n) is 3.93. The summed E-state index contributed by atoms with van der Waals surface area (Å²) in [5.41, 5.74) is 2.08. The predicted octanol–water partition coefficient (Wildman–Crippen LogP) is 2.97. The van der Waals surface area contributed by atoms with Crippen molar-refractivity contribution in [2.24, 2.45) is 0 Å². The fraction of sp³-hybridized carbons (Fsp3) is 0.250. The van der Waals surface area contributed by atoms with E-state index in [0.717, 1.165) is 17.9 Å². The van der Waals surface area contributed by atoms with E-state index < -0.39 is 0 Å². The van der Waals surface area contributed by atoms with E-state index in [1.165, 1.54) is 0 Å². The number of aromatic amines is 1. The number of hydrogen-bond donors (Lipinski definition) is 2. The molecule has 0 saturated heterocycles. The number of carbonyl (C=O) groups excluding carboxylic acids is 1. The van der Waals surface area contributed by atoms with Gasteiger partial charge in [0.25, 0.3) is 5.91 Å². The van der Waals surface area contributed by atoms with Gasteiger partial charge >= 0.3 is 0 Å². The highest BCUT2D eigenvalue weighted by atomic mass is 16.5. The van der Waals surface area contributed by atoms with Gasteiger partial charge in [-0.3, -0.25) is 9.89 Å². The zero-order valence-corrected chi connectivity index (χ0v) is 15.7. The van der Waals surface area contributed by atoms with Crippen molar-refractivity contribution in [2.75, 3.05) is 32.6 Å². The number of H-pyrrole nitrogens is 1. The fourth-order valence-corrected chi connectivity index (χ4v) is 2.49. The van der Waals surface area contributed by atoms with Crippen molar-refractivity contribution >= 4 is 11.6 Å². The van der Waals surface area contributed by atoms with Crippen LogP contribution < -0.4 is 10.1 Å². The lowest BCUT2D eigenvalue weighted by Crippen LogP contribution is -2.20. The number of nitrogens with zero attached hydrogens (tertiary/aromatic N) is 3. The third kappa shape index (κ3) is 4.92. The number of amides is 1. The number of benzene rings is 2. The van der Waals surface area contributed by atoms with Crippen molar-refractivity contribution in [2.45, 2.75) is 6.92 Å². The van der Waals surface area contributed by atoms with E-state index >= 15 is 0 Å². The first-order chi connectivity index (χ1) is 13.0. The lowest BCUT2D eigenvalue weighted by molar-refractivity contribution is 0.102. The molecule has 0 aliphatic carbocycles. The first kappa shape index (κ1) is 18.6. The minimum atomic E-state index is -0.211. The normalized spacial score (nSPS) is 10.8. The number of anilines is 1. The van der Waals surface area contributed by atoms with Crippen LogP contribution in [0.2, 0.25) is 0 Å². The molecule has 140 valence electrons. The summed E-state index contributed by atoms with van der Waals surface area (Å²) in [6.07, 6.45) is 0. The Hall–Kier alpha value is -3.19. The van der Waals surface area contributed by atoms with Crippen LogP contribution in [0.1, 0.15) is 16.2 Å². The topological polar surface area (TPSA) is 83.1 Å². The Morgan fingerprint density at radius 3 is 2.56 bits per heavy atom. The van der Waals surface area contributed by atoms with Crippen LogP contribution in [0.5, 0.6) is 5.75 Å². The number of aromatic nitrogens is 3. The van der Waals surface area contributed by atoms with Gasteiger partial charge in [0, 0.05) is 17.8 Å². The molecule has 3 rings (SSSR count). The molecule has 1 heterocycles. The molecule has 7 heteroatoms. The van der Waals surface area contributed by atoms with Crippen LogP contribution in [-0.4, -0.2) is 53.2 Å². The molecule has 2 aromatic carbocycles. The van der Waals surface area contributed by atoms with E-state index in [4.69, 9.17) is 4.74 Å². The molecule has 0 aliphatic rings. The number of carbonyl (C=O) groups is 1. The highest BCUT2D eigenvalue weighted by Gasteiger charge is 2.13. The molecule has 0 radical (unpaired) electrons. The van der Waals surface area contributed by atoms with Gasteiger partial charge in [-0.25, -0.2) is 4.98 Å². The highest BCUT2D eigenvalue weighted by Crippen LogP contribution is 2.21. The van der Waals surface area contributed by atoms with Crippen molar-refractivity contribution < 1.29 is 9.53 Å². The SMILES string of the molecule is Cc1nc(-c2ccc(NC(=O)c3ccccc3OCCN(C)C)cc2)n[nH]1. The maximum Gasteiger partial charge on any atom is 0.259 e. The van der Waals surface area contributed by atoms with Gasteiger partial charge in [0.1, 0.15) is 18.2 Å². The average molecular weight is 365 g/mol. The molecular formula is C20H23N5O2. The van der Waals surface area contributed by atoms with E-state index in [9.17, 15) is 4.79 Å². The summed E-state index contributed by atoms with van der Waals surface area (Å²) in [4.78, 5) is 19.0. The monoisotopic (exact) mass is 365 g/mol. The molecule has 3 aromatic rings. The van der Waals surface area contributed by atoms with Gasteiger partial charge < -0.3 is 15.0 Å². The van der Waals surface area contributed by atoms with Gasteiger partial charge in [0.2, 0.25) is 0 Å². The molecule has 2 N–H and O–H groups in total. The van der Waals surface area contributed by atoms with Crippen LogP contribution in [0.3, 0.4) is 0 Å².